The first-order valence-electron chi connectivity index (χ1n) is 9.67. The summed E-state index contributed by atoms with van der Waals surface area (Å²) < 4.78 is 6.29. The van der Waals surface area contributed by atoms with Crippen LogP contribution < -0.4 is 10.1 Å². The average molecular weight is 551 g/mol. The van der Waals surface area contributed by atoms with E-state index in [4.69, 9.17) is 39.5 Å². The van der Waals surface area contributed by atoms with Crippen molar-refractivity contribution in [3.8, 4) is 5.75 Å². The Morgan fingerprint density at radius 2 is 1.71 bits per heavy atom. The molecule has 5 nitrogen and oxygen atoms in total. The first-order chi connectivity index (χ1) is 14.6. The quantitative estimate of drug-likeness (QED) is 0.418. The van der Waals surface area contributed by atoms with Crippen molar-refractivity contribution in [1.29, 1.82) is 0 Å². The summed E-state index contributed by atoms with van der Waals surface area (Å²) in [6, 6.07) is 9.31. The molecule has 2 aromatic rings. The van der Waals surface area contributed by atoms with Crippen LogP contribution in [0.1, 0.15) is 26.3 Å². The van der Waals surface area contributed by atoms with Gasteiger partial charge in [0.05, 0.1) is 4.47 Å². The molecular weight excluding hydrogens is 527 g/mol. The maximum absolute atomic E-state index is 13.1. The maximum Gasteiger partial charge on any atom is 0.261 e. The second-order valence-corrected chi connectivity index (χ2v) is 9.57. The van der Waals surface area contributed by atoms with Crippen molar-refractivity contribution in [3.05, 3.63) is 61.5 Å². The molecule has 9 heteroatoms. The number of hydrogen-bond acceptors (Lipinski definition) is 3. The van der Waals surface area contributed by atoms with Gasteiger partial charge in [0.25, 0.3) is 5.91 Å². The summed E-state index contributed by atoms with van der Waals surface area (Å²) in [5.41, 5.74) is 0.676. The number of rotatable bonds is 9. The van der Waals surface area contributed by atoms with E-state index in [-0.39, 0.29) is 30.9 Å². The highest BCUT2D eigenvalue weighted by Crippen LogP contribution is 2.28. The fourth-order valence-electron chi connectivity index (χ4n) is 2.68. The zero-order valence-corrected chi connectivity index (χ0v) is 21.3. The maximum atomic E-state index is 13.1. The molecule has 2 amide bonds. The minimum absolute atomic E-state index is 0.135. The van der Waals surface area contributed by atoms with Crippen LogP contribution in [0.4, 0.5) is 0 Å². The number of carbonyl (C=O) groups excluding carboxylic acids is 2. The molecule has 0 unspecified atom stereocenters. The van der Waals surface area contributed by atoms with Crippen LogP contribution in [-0.4, -0.2) is 35.9 Å². The largest absolute Gasteiger partial charge is 0.483 e. The minimum atomic E-state index is -0.727. The smallest absolute Gasteiger partial charge is 0.261 e. The summed E-state index contributed by atoms with van der Waals surface area (Å²) in [5.74, 6) is 0.149. The summed E-state index contributed by atoms with van der Waals surface area (Å²) in [4.78, 5) is 27.2. The summed E-state index contributed by atoms with van der Waals surface area (Å²) >= 11 is 21.6. The van der Waals surface area contributed by atoms with Gasteiger partial charge in [0, 0.05) is 28.2 Å². The van der Waals surface area contributed by atoms with E-state index < -0.39 is 6.04 Å². The summed E-state index contributed by atoms with van der Waals surface area (Å²) in [7, 11) is 0. The predicted octanol–water partition coefficient (Wildman–Crippen LogP) is 5.98. The average Bonchev–Trinajstić information content (AvgIpc) is 2.70. The molecule has 0 aliphatic rings. The molecule has 2 aromatic carbocycles. The molecule has 0 aliphatic heterocycles. The van der Waals surface area contributed by atoms with E-state index in [1.165, 1.54) is 4.90 Å². The molecule has 1 N–H and O–H groups in total. The molecule has 0 bridgehead atoms. The number of amides is 2. The van der Waals surface area contributed by atoms with Crippen molar-refractivity contribution in [2.24, 2.45) is 5.92 Å². The summed E-state index contributed by atoms with van der Waals surface area (Å²) in [6.07, 6.45) is 0. The standard InChI is InChI=1S/C22H24BrCl3N2O3/c1-13(2)10-27-22(30)14(3)28(11-15-4-5-17(25)9-19(15)26)21(29)12-31-20-7-6-16(24)8-18(20)23/h4-9,13-14H,10-12H2,1-3H3,(H,27,30)/t14-/m0/s1. The molecule has 0 radical (unpaired) electrons. The molecule has 0 saturated heterocycles. The highest BCUT2D eigenvalue weighted by molar-refractivity contribution is 9.10. The molecule has 0 aliphatic carbocycles. The van der Waals surface area contributed by atoms with Crippen LogP contribution in [0.5, 0.6) is 5.75 Å². The van der Waals surface area contributed by atoms with Gasteiger partial charge in [-0.05, 0) is 64.7 Å². The third-order valence-corrected chi connectivity index (χ3v) is 5.89. The van der Waals surface area contributed by atoms with E-state index in [9.17, 15) is 9.59 Å². The third-order valence-electron chi connectivity index (χ3n) is 4.45. The lowest BCUT2D eigenvalue weighted by atomic mass is 10.1. The lowest BCUT2D eigenvalue weighted by Gasteiger charge is -2.29. The summed E-state index contributed by atoms with van der Waals surface area (Å²) in [5, 5.41) is 4.32. The zero-order chi connectivity index (χ0) is 23.1. The Morgan fingerprint density at radius 1 is 1.06 bits per heavy atom. The number of nitrogens with one attached hydrogen (secondary N) is 1. The van der Waals surface area contributed by atoms with Crippen LogP contribution in [0.25, 0.3) is 0 Å². The molecule has 0 fully saturated rings. The van der Waals surface area contributed by atoms with Gasteiger partial charge >= 0.3 is 0 Å². The van der Waals surface area contributed by atoms with Crippen molar-refractivity contribution >= 4 is 62.5 Å². The molecule has 2 rings (SSSR count). The van der Waals surface area contributed by atoms with Crippen molar-refractivity contribution in [1.82, 2.24) is 10.2 Å². The van der Waals surface area contributed by atoms with Gasteiger partial charge in [-0.2, -0.15) is 0 Å². The minimum Gasteiger partial charge on any atom is -0.483 e. The van der Waals surface area contributed by atoms with Crippen LogP contribution in [0, 0.1) is 5.92 Å². The van der Waals surface area contributed by atoms with Gasteiger partial charge in [0.15, 0.2) is 6.61 Å². The molecule has 1 atom stereocenters. The fraction of sp³-hybridized carbons (Fsp3) is 0.364. The molecule has 31 heavy (non-hydrogen) atoms. The van der Waals surface area contributed by atoms with Gasteiger partial charge < -0.3 is 15.0 Å². The van der Waals surface area contributed by atoms with Crippen molar-refractivity contribution in [2.75, 3.05) is 13.2 Å². The first-order valence-corrected chi connectivity index (χ1v) is 11.6. The number of ether oxygens (including phenoxy) is 1. The second kappa shape index (κ2) is 12.0. The highest BCUT2D eigenvalue weighted by Gasteiger charge is 2.27. The monoisotopic (exact) mass is 548 g/mol. The number of halogens is 4. The molecule has 0 saturated carbocycles. The topological polar surface area (TPSA) is 58.6 Å². The van der Waals surface area contributed by atoms with E-state index in [0.29, 0.717) is 37.4 Å². The van der Waals surface area contributed by atoms with E-state index in [0.717, 1.165) is 0 Å². The van der Waals surface area contributed by atoms with Gasteiger partial charge in [0.1, 0.15) is 11.8 Å². The number of carbonyl (C=O) groups is 2. The van der Waals surface area contributed by atoms with Crippen LogP contribution >= 0.6 is 50.7 Å². The van der Waals surface area contributed by atoms with Crippen LogP contribution in [-0.2, 0) is 16.1 Å². The Balaban J connectivity index is 2.20. The number of nitrogens with zero attached hydrogens (tertiary/aromatic N) is 1. The van der Waals surface area contributed by atoms with E-state index in [1.54, 1.807) is 43.3 Å². The molecular formula is C22H24BrCl3N2O3. The SMILES string of the molecule is CC(C)CNC(=O)[C@H](C)N(Cc1ccc(Cl)cc1Cl)C(=O)COc1ccc(Cl)cc1Br. The van der Waals surface area contributed by atoms with E-state index in [2.05, 4.69) is 21.2 Å². The van der Waals surface area contributed by atoms with Crippen LogP contribution in [0.2, 0.25) is 15.1 Å². The first kappa shape index (κ1) is 25.8. The zero-order valence-electron chi connectivity index (χ0n) is 17.4. The molecule has 168 valence electrons. The molecule has 0 heterocycles. The van der Waals surface area contributed by atoms with Crippen molar-refractivity contribution in [3.63, 3.8) is 0 Å². The van der Waals surface area contributed by atoms with Gasteiger partial charge in [-0.25, -0.2) is 0 Å². The second-order valence-electron chi connectivity index (χ2n) is 7.44. The van der Waals surface area contributed by atoms with Gasteiger partial charge in [0.2, 0.25) is 5.91 Å². The van der Waals surface area contributed by atoms with Gasteiger partial charge in [-0.15, -0.1) is 0 Å². The highest BCUT2D eigenvalue weighted by atomic mass is 79.9. The van der Waals surface area contributed by atoms with E-state index in [1.807, 2.05) is 13.8 Å². The van der Waals surface area contributed by atoms with E-state index >= 15 is 0 Å². The lowest BCUT2D eigenvalue weighted by molar-refractivity contribution is -0.142. The Hall–Kier alpha value is -1.47. The Kier molecular flexibility index (Phi) is 9.94. The van der Waals surface area contributed by atoms with Crippen LogP contribution in [0.3, 0.4) is 0 Å². The number of benzene rings is 2. The van der Waals surface area contributed by atoms with Crippen molar-refractivity contribution < 1.29 is 14.3 Å². The Bertz CT molecular complexity index is 940. The Morgan fingerprint density at radius 3 is 2.32 bits per heavy atom. The van der Waals surface area contributed by atoms with Crippen molar-refractivity contribution in [2.45, 2.75) is 33.4 Å². The van der Waals surface area contributed by atoms with Crippen LogP contribution in [0.15, 0.2) is 40.9 Å². The number of hydrogen-bond donors (Lipinski definition) is 1. The molecule has 0 aromatic heterocycles. The van der Waals surface area contributed by atoms with Gasteiger partial charge in [-0.3, -0.25) is 9.59 Å². The Labute approximate surface area is 206 Å². The summed E-state index contributed by atoms with van der Waals surface area (Å²) in [6.45, 7) is 6.07. The predicted molar refractivity (Wildman–Crippen MR) is 129 cm³/mol. The normalized spacial score (nSPS) is 11.9. The molecule has 0 spiro atoms. The third kappa shape index (κ3) is 7.86. The van der Waals surface area contributed by atoms with Gasteiger partial charge in [-0.1, -0.05) is 54.7 Å². The lowest BCUT2D eigenvalue weighted by Crippen LogP contribution is -2.49. The fourth-order valence-corrected chi connectivity index (χ4v) is 3.95.